The number of hydrogen-bond acceptors (Lipinski definition) is 6. The maximum absolute atomic E-state index is 13.6. The Morgan fingerprint density at radius 2 is 1.64 bits per heavy atom. The molecule has 0 spiro atoms. The van der Waals surface area contributed by atoms with Crippen LogP contribution < -0.4 is 15.4 Å². The molecule has 0 fully saturated rings. The molecule has 0 bridgehead atoms. The van der Waals surface area contributed by atoms with Crippen molar-refractivity contribution >= 4 is 23.2 Å². The van der Waals surface area contributed by atoms with Crippen LogP contribution in [0.5, 0.6) is 5.75 Å². The molecule has 2 aromatic carbocycles. The molecule has 2 aromatic heterocycles. The molecular weight excluding hydrogens is 526 g/mol. The number of nitriles is 1. The smallest absolute Gasteiger partial charge is 0.257 e. The predicted molar refractivity (Wildman–Crippen MR) is 164 cm³/mol. The van der Waals surface area contributed by atoms with Gasteiger partial charge in [0.1, 0.15) is 12.4 Å². The normalized spacial score (nSPS) is 11.0. The van der Waals surface area contributed by atoms with Gasteiger partial charge in [0.05, 0.1) is 34.8 Å². The van der Waals surface area contributed by atoms with Crippen molar-refractivity contribution < 1.29 is 14.3 Å². The van der Waals surface area contributed by atoms with Crippen molar-refractivity contribution in [1.29, 1.82) is 5.26 Å². The molecule has 0 saturated heterocycles. The fourth-order valence-corrected chi connectivity index (χ4v) is 4.53. The first kappa shape index (κ1) is 29.9. The van der Waals surface area contributed by atoms with Crippen molar-refractivity contribution in [2.45, 2.75) is 59.5 Å². The lowest BCUT2D eigenvalue weighted by molar-refractivity contribution is 0.101. The van der Waals surface area contributed by atoms with Crippen LogP contribution in [-0.2, 0) is 24.9 Å². The third-order valence-electron chi connectivity index (χ3n) is 6.89. The predicted octanol–water partition coefficient (Wildman–Crippen LogP) is 6.85. The van der Waals surface area contributed by atoms with Crippen molar-refractivity contribution in [3.8, 4) is 11.8 Å². The summed E-state index contributed by atoms with van der Waals surface area (Å²) in [4.78, 5) is 35.5. The van der Waals surface area contributed by atoms with E-state index in [9.17, 15) is 14.9 Å². The molecule has 42 heavy (non-hydrogen) atoms. The number of aryl methyl sites for hydroxylation is 1. The molecule has 8 heteroatoms. The Balaban J connectivity index is 1.55. The highest BCUT2D eigenvalue weighted by Crippen LogP contribution is 2.28. The summed E-state index contributed by atoms with van der Waals surface area (Å²) in [6.45, 7) is 10.4. The van der Waals surface area contributed by atoms with Crippen LogP contribution in [0.15, 0.2) is 73.2 Å². The Kier molecular flexibility index (Phi) is 9.33. The second kappa shape index (κ2) is 13.1. The van der Waals surface area contributed by atoms with E-state index in [1.54, 1.807) is 61.1 Å². The molecule has 0 aliphatic heterocycles. The molecule has 8 nitrogen and oxygen atoms in total. The van der Waals surface area contributed by atoms with Gasteiger partial charge in [-0.2, -0.15) is 5.26 Å². The minimum absolute atomic E-state index is 0.240. The largest absolute Gasteiger partial charge is 0.489 e. The number of ether oxygens (including phenoxy) is 1. The van der Waals surface area contributed by atoms with E-state index in [1.165, 1.54) is 0 Å². The average molecular weight is 562 g/mol. The first-order chi connectivity index (χ1) is 20.1. The van der Waals surface area contributed by atoms with Gasteiger partial charge >= 0.3 is 0 Å². The Hall–Kier alpha value is -5.03. The minimum Gasteiger partial charge on any atom is -0.489 e. The molecule has 4 aromatic rings. The molecule has 2 amide bonds. The molecule has 2 N–H and O–H groups in total. The molecule has 214 valence electrons. The van der Waals surface area contributed by atoms with Crippen LogP contribution >= 0.6 is 0 Å². The first-order valence-corrected chi connectivity index (χ1v) is 13.9. The van der Waals surface area contributed by atoms with E-state index in [0.29, 0.717) is 64.5 Å². The summed E-state index contributed by atoms with van der Waals surface area (Å²) < 4.78 is 5.83. The summed E-state index contributed by atoms with van der Waals surface area (Å²) in [5.74, 6) is 0.000998. The first-order valence-electron chi connectivity index (χ1n) is 13.9. The fourth-order valence-electron chi connectivity index (χ4n) is 4.53. The highest BCUT2D eigenvalue weighted by Gasteiger charge is 2.22. The third kappa shape index (κ3) is 7.18. The van der Waals surface area contributed by atoms with Crippen LogP contribution in [0, 0.1) is 11.3 Å². The Morgan fingerprint density at radius 3 is 2.26 bits per heavy atom. The molecule has 0 aliphatic rings. The van der Waals surface area contributed by atoms with E-state index in [-0.39, 0.29) is 17.2 Å². The van der Waals surface area contributed by atoms with Crippen LogP contribution in [0.1, 0.15) is 83.3 Å². The number of aromatic nitrogens is 2. The maximum Gasteiger partial charge on any atom is 0.257 e. The summed E-state index contributed by atoms with van der Waals surface area (Å²) in [5.41, 5.74) is 5.28. The zero-order chi connectivity index (χ0) is 30.3. The number of benzene rings is 2. The number of amides is 2. The molecule has 4 rings (SSSR count). The SMILES string of the molecule is CCc1ncc(NC(=O)c2cc(C#N)cc(C(C)(C)C)c2)c(CC)c1C(=O)Nc1ccc(OCc2ccncc2)cc1. The van der Waals surface area contributed by atoms with E-state index in [4.69, 9.17) is 4.74 Å². The van der Waals surface area contributed by atoms with Gasteiger partial charge in [-0.3, -0.25) is 19.6 Å². The van der Waals surface area contributed by atoms with Gasteiger partial charge in [-0.25, -0.2) is 0 Å². The van der Waals surface area contributed by atoms with Gasteiger partial charge in [0.25, 0.3) is 11.8 Å². The molecule has 0 unspecified atom stereocenters. The number of anilines is 2. The van der Waals surface area contributed by atoms with Crippen molar-refractivity contribution in [3.05, 3.63) is 112 Å². The van der Waals surface area contributed by atoms with Crippen molar-refractivity contribution in [2.75, 3.05) is 10.6 Å². The van der Waals surface area contributed by atoms with Gasteiger partial charge in [-0.15, -0.1) is 0 Å². The summed E-state index contributed by atoms with van der Waals surface area (Å²) in [6, 6.07) is 18.3. The molecule has 0 aliphatic carbocycles. The van der Waals surface area contributed by atoms with Crippen LogP contribution in [0.3, 0.4) is 0 Å². The lowest BCUT2D eigenvalue weighted by Crippen LogP contribution is -2.21. The summed E-state index contributed by atoms with van der Waals surface area (Å²) in [7, 11) is 0. The lowest BCUT2D eigenvalue weighted by atomic mass is 9.85. The standard InChI is InChI=1S/C34H35N5O3/c1-6-28-30(39-32(40)24-16-23(19-35)17-25(18-24)34(3,4)5)20-37-29(7-2)31(28)33(41)38-26-8-10-27(11-9-26)42-21-22-12-14-36-15-13-22/h8-18,20H,6-7,21H2,1-5H3,(H,38,41)(H,39,40). The summed E-state index contributed by atoms with van der Waals surface area (Å²) >= 11 is 0. The zero-order valence-electron chi connectivity index (χ0n) is 24.6. The number of nitrogens with zero attached hydrogens (tertiary/aromatic N) is 3. The average Bonchev–Trinajstić information content (AvgIpc) is 3.00. The van der Waals surface area contributed by atoms with Crippen LogP contribution in [0.4, 0.5) is 11.4 Å². The molecule has 2 heterocycles. The Labute approximate surface area is 246 Å². The summed E-state index contributed by atoms with van der Waals surface area (Å²) in [6.07, 6.45) is 6.08. The molecular formula is C34H35N5O3. The second-order valence-corrected chi connectivity index (χ2v) is 10.9. The van der Waals surface area contributed by atoms with E-state index in [0.717, 1.165) is 11.1 Å². The molecule has 0 saturated carbocycles. The highest BCUT2D eigenvalue weighted by molar-refractivity contribution is 6.09. The maximum atomic E-state index is 13.6. The topological polar surface area (TPSA) is 117 Å². The monoisotopic (exact) mass is 561 g/mol. The number of carbonyl (C=O) groups excluding carboxylic acids is 2. The number of rotatable bonds is 9. The van der Waals surface area contributed by atoms with Gasteiger partial charge < -0.3 is 15.4 Å². The quantitative estimate of drug-likeness (QED) is 0.231. The highest BCUT2D eigenvalue weighted by atomic mass is 16.5. The van der Waals surface area contributed by atoms with Gasteiger partial charge in [-0.05, 0) is 89.5 Å². The minimum atomic E-state index is -0.368. The Bertz CT molecular complexity index is 1620. The molecule has 0 atom stereocenters. The van der Waals surface area contributed by atoms with Gasteiger partial charge in [0, 0.05) is 23.6 Å². The van der Waals surface area contributed by atoms with E-state index < -0.39 is 0 Å². The third-order valence-corrected chi connectivity index (χ3v) is 6.89. The second-order valence-electron chi connectivity index (χ2n) is 10.9. The van der Waals surface area contributed by atoms with E-state index >= 15 is 0 Å². The fraction of sp³-hybridized carbons (Fsp3) is 0.265. The number of carbonyl (C=O) groups is 2. The van der Waals surface area contributed by atoms with Gasteiger partial charge in [0.2, 0.25) is 0 Å². The van der Waals surface area contributed by atoms with E-state index in [2.05, 4.69) is 26.7 Å². The van der Waals surface area contributed by atoms with Gasteiger partial charge in [-0.1, -0.05) is 34.6 Å². The van der Waals surface area contributed by atoms with Gasteiger partial charge in [0.15, 0.2) is 0 Å². The zero-order valence-corrected chi connectivity index (χ0v) is 24.6. The number of nitrogens with one attached hydrogen (secondary N) is 2. The van der Waals surface area contributed by atoms with Crippen LogP contribution in [0.25, 0.3) is 0 Å². The van der Waals surface area contributed by atoms with Crippen LogP contribution in [0.2, 0.25) is 0 Å². The van der Waals surface area contributed by atoms with Crippen molar-refractivity contribution in [2.24, 2.45) is 0 Å². The molecule has 0 radical (unpaired) electrons. The van der Waals surface area contributed by atoms with Crippen LogP contribution in [-0.4, -0.2) is 21.8 Å². The Morgan fingerprint density at radius 1 is 0.929 bits per heavy atom. The number of pyridine rings is 2. The lowest BCUT2D eigenvalue weighted by Gasteiger charge is -2.21. The summed E-state index contributed by atoms with van der Waals surface area (Å²) in [5, 5.41) is 15.4. The van der Waals surface area contributed by atoms with Crippen molar-refractivity contribution in [1.82, 2.24) is 9.97 Å². The van der Waals surface area contributed by atoms with E-state index in [1.807, 2.05) is 46.8 Å². The van der Waals surface area contributed by atoms with Crippen molar-refractivity contribution in [3.63, 3.8) is 0 Å². The number of hydrogen-bond donors (Lipinski definition) is 2.